The van der Waals surface area contributed by atoms with Gasteiger partial charge in [0.2, 0.25) is 0 Å². The van der Waals surface area contributed by atoms with Crippen LogP contribution in [0.4, 0.5) is 0 Å². The summed E-state index contributed by atoms with van der Waals surface area (Å²) >= 11 is 0. The Morgan fingerprint density at radius 3 is 2.83 bits per heavy atom. The number of ether oxygens (including phenoxy) is 1. The molecule has 1 aliphatic carbocycles. The first kappa shape index (κ1) is 12.9. The first-order valence-electron chi connectivity index (χ1n) is 6.51. The van der Waals surface area contributed by atoms with Crippen LogP contribution in [0, 0.1) is 5.41 Å². The van der Waals surface area contributed by atoms with Gasteiger partial charge in [0, 0.05) is 12.0 Å². The van der Waals surface area contributed by atoms with Crippen molar-refractivity contribution in [2.75, 3.05) is 6.61 Å². The maximum absolute atomic E-state index is 12.0. The molecule has 0 radical (unpaired) electrons. The molecule has 96 valence electrons. The van der Waals surface area contributed by atoms with Crippen molar-refractivity contribution in [2.45, 2.75) is 33.6 Å². The SMILES string of the molecule is CCOc1cccc(C2=CC(C)(C)CCC2=O)c1. The van der Waals surface area contributed by atoms with Crippen LogP contribution in [-0.4, -0.2) is 12.4 Å². The standard InChI is InChI=1S/C16H20O2/c1-4-18-13-7-5-6-12(10-13)14-11-16(2,3)9-8-15(14)17/h5-7,10-11H,4,8-9H2,1-3H3. The zero-order chi connectivity index (χ0) is 13.2. The lowest BCUT2D eigenvalue weighted by atomic mass is 9.77. The minimum atomic E-state index is 0.102. The Morgan fingerprint density at radius 1 is 1.33 bits per heavy atom. The van der Waals surface area contributed by atoms with E-state index in [9.17, 15) is 4.79 Å². The highest BCUT2D eigenvalue weighted by atomic mass is 16.5. The van der Waals surface area contributed by atoms with Crippen molar-refractivity contribution in [1.82, 2.24) is 0 Å². The van der Waals surface area contributed by atoms with Crippen molar-refractivity contribution in [3.05, 3.63) is 35.9 Å². The molecular formula is C16H20O2. The van der Waals surface area contributed by atoms with E-state index in [1.165, 1.54) is 0 Å². The molecule has 1 aliphatic rings. The van der Waals surface area contributed by atoms with Gasteiger partial charge >= 0.3 is 0 Å². The highest BCUT2D eigenvalue weighted by molar-refractivity contribution is 6.21. The van der Waals surface area contributed by atoms with E-state index in [0.29, 0.717) is 13.0 Å². The molecule has 18 heavy (non-hydrogen) atoms. The lowest BCUT2D eigenvalue weighted by Gasteiger charge is -2.26. The molecule has 0 unspecified atom stereocenters. The fraction of sp³-hybridized carbons (Fsp3) is 0.438. The molecule has 1 aromatic carbocycles. The highest BCUT2D eigenvalue weighted by Gasteiger charge is 2.26. The monoisotopic (exact) mass is 244 g/mol. The summed E-state index contributed by atoms with van der Waals surface area (Å²) in [6.45, 7) is 6.94. The Labute approximate surface area is 109 Å². The van der Waals surface area contributed by atoms with Gasteiger partial charge in [0.05, 0.1) is 6.61 Å². The number of hydrogen-bond acceptors (Lipinski definition) is 2. The molecule has 0 aliphatic heterocycles. The largest absolute Gasteiger partial charge is 0.494 e. The fourth-order valence-electron chi connectivity index (χ4n) is 2.28. The smallest absolute Gasteiger partial charge is 0.163 e. The highest BCUT2D eigenvalue weighted by Crippen LogP contribution is 2.36. The molecule has 0 atom stereocenters. The summed E-state index contributed by atoms with van der Waals surface area (Å²) in [7, 11) is 0. The predicted octanol–water partition coefficient (Wildman–Crippen LogP) is 3.86. The van der Waals surface area contributed by atoms with E-state index in [-0.39, 0.29) is 11.2 Å². The average Bonchev–Trinajstić information content (AvgIpc) is 2.33. The molecule has 0 fully saturated rings. The molecule has 0 saturated heterocycles. The summed E-state index contributed by atoms with van der Waals surface area (Å²) in [5, 5.41) is 0. The average molecular weight is 244 g/mol. The van der Waals surface area contributed by atoms with Crippen molar-refractivity contribution in [2.24, 2.45) is 5.41 Å². The zero-order valence-corrected chi connectivity index (χ0v) is 11.3. The summed E-state index contributed by atoms with van der Waals surface area (Å²) in [5.41, 5.74) is 1.91. The van der Waals surface area contributed by atoms with Crippen LogP contribution in [0.3, 0.4) is 0 Å². The Balaban J connectivity index is 2.37. The lowest BCUT2D eigenvalue weighted by Crippen LogP contribution is -2.19. The Kier molecular flexibility index (Phi) is 3.55. The van der Waals surface area contributed by atoms with Gasteiger partial charge in [-0.2, -0.15) is 0 Å². The third-order valence-electron chi connectivity index (χ3n) is 3.29. The van der Waals surface area contributed by atoms with Crippen molar-refractivity contribution in [3.63, 3.8) is 0 Å². The number of hydrogen-bond donors (Lipinski definition) is 0. The van der Waals surface area contributed by atoms with E-state index in [2.05, 4.69) is 19.9 Å². The maximum atomic E-state index is 12.0. The van der Waals surface area contributed by atoms with Gasteiger partial charge in [-0.25, -0.2) is 0 Å². The first-order valence-corrected chi connectivity index (χ1v) is 6.51. The summed E-state index contributed by atoms with van der Waals surface area (Å²) in [6.07, 6.45) is 3.67. The van der Waals surface area contributed by atoms with Crippen LogP contribution >= 0.6 is 0 Å². The van der Waals surface area contributed by atoms with Gasteiger partial charge < -0.3 is 4.74 Å². The van der Waals surface area contributed by atoms with Crippen LogP contribution in [0.2, 0.25) is 0 Å². The molecular weight excluding hydrogens is 224 g/mol. The van der Waals surface area contributed by atoms with E-state index in [4.69, 9.17) is 4.74 Å². The van der Waals surface area contributed by atoms with Crippen molar-refractivity contribution in [1.29, 1.82) is 0 Å². The molecule has 2 nitrogen and oxygen atoms in total. The fourth-order valence-corrected chi connectivity index (χ4v) is 2.28. The number of carbonyl (C=O) groups is 1. The second-order valence-corrected chi connectivity index (χ2v) is 5.43. The summed E-state index contributed by atoms with van der Waals surface area (Å²) < 4.78 is 5.49. The Bertz CT molecular complexity index is 484. The topological polar surface area (TPSA) is 26.3 Å². The minimum Gasteiger partial charge on any atom is -0.494 e. The number of rotatable bonds is 3. The van der Waals surface area contributed by atoms with Crippen molar-refractivity contribution in [3.8, 4) is 5.75 Å². The molecule has 0 N–H and O–H groups in total. The zero-order valence-electron chi connectivity index (χ0n) is 11.3. The van der Waals surface area contributed by atoms with Crippen molar-refractivity contribution < 1.29 is 9.53 Å². The molecule has 0 bridgehead atoms. The van der Waals surface area contributed by atoms with Crippen LogP contribution in [0.15, 0.2) is 30.3 Å². The van der Waals surface area contributed by atoms with Gasteiger partial charge in [-0.1, -0.05) is 32.1 Å². The Hall–Kier alpha value is -1.57. The van der Waals surface area contributed by atoms with Gasteiger partial charge in [-0.05, 0) is 36.5 Å². The van der Waals surface area contributed by atoms with E-state index in [1.807, 2.05) is 31.2 Å². The number of Topliss-reactive ketones (excluding diaryl/α,β-unsaturated/α-hetero) is 1. The Morgan fingerprint density at radius 2 is 2.11 bits per heavy atom. The molecule has 2 heteroatoms. The van der Waals surface area contributed by atoms with Crippen molar-refractivity contribution >= 4 is 11.4 Å². The maximum Gasteiger partial charge on any atom is 0.163 e. The molecule has 0 heterocycles. The van der Waals surface area contributed by atoms with Crippen LogP contribution < -0.4 is 4.74 Å². The van der Waals surface area contributed by atoms with E-state index < -0.39 is 0 Å². The number of benzene rings is 1. The van der Waals surface area contributed by atoms with Gasteiger partial charge in [0.25, 0.3) is 0 Å². The second-order valence-electron chi connectivity index (χ2n) is 5.43. The van der Waals surface area contributed by atoms with Crippen LogP contribution in [0.5, 0.6) is 5.75 Å². The quantitative estimate of drug-likeness (QED) is 0.807. The molecule has 0 amide bonds. The number of allylic oxidation sites excluding steroid dienone is 2. The molecule has 1 aromatic rings. The molecule has 0 saturated carbocycles. The van der Waals surface area contributed by atoms with Crippen LogP contribution in [0.1, 0.15) is 39.2 Å². The number of carbonyl (C=O) groups excluding carboxylic acids is 1. The third kappa shape index (κ3) is 2.81. The molecule has 0 aromatic heterocycles. The van der Waals surface area contributed by atoms with Gasteiger partial charge in [0.1, 0.15) is 5.75 Å². The normalized spacial score (nSPS) is 18.4. The number of ketones is 1. The van der Waals surface area contributed by atoms with Gasteiger partial charge in [-0.15, -0.1) is 0 Å². The molecule has 0 spiro atoms. The predicted molar refractivity (Wildman–Crippen MR) is 73.6 cm³/mol. The lowest BCUT2D eigenvalue weighted by molar-refractivity contribution is -0.114. The summed E-state index contributed by atoms with van der Waals surface area (Å²) in [5.74, 6) is 1.06. The minimum absolute atomic E-state index is 0.102. The van der Waals surface area contributed by atoms with Gasteiger partial charge in [0.15, 0.2) is 5.78 Å². The van der Waals surface area contributed by atoms with E-state index in [0.717, 1.165) is 23.3 Å². The van der Waals surface area contributed by atoms with Crippen LogP contribution in [0.25, 0.3) is 5.57 Å². The second kappa shape index (κ2) is 4.97. The third-order valence-corrected chi connectivity index (χ3v) is 3.29. The summed E-state index contributed by atoms with van der Waals surface area (Å²) in [4.78, 5) is 12.0. The van der Waals surface area contributed by atoms with E-state index >= 15 is 0 Å². The van der Waals surface area contributed by atoms with Crippen LogP contribution in [-0.2, 0) is 4.79 Å². The summed E-state index contributed by atoms with van der Waals surface area (Å²) in [6, 6.07) is 7.80. The first-order chi connectivity index (χ1) is 8.52. The van der Waals surface area contributed by atoms with E-state index in [1.54, 1.807) is 0 Å². The molecule has 2 rings (SSSR count). The van der Waals surface area contributed by atoms with Gasteiger partial charge in [-0.3, -0.25) is 4.79 Å².